The lowest BCUT2D eigenvalue weighted by Gasteiger charge is -2.24. The molecule has 0 aliphatic rings. The van der Waals surface area contributed by atoms with Crippen LogP contribution in [0.15, 0.2) is 72.9 Å². The van der Waals surface area contributed by atoms with Crippen molar-refractivity contribution in [2.45, 2.75) is 6.04 Å². The Bertz CT molecular complexity index is 1140. The van der Waals surface area contributed by atoms with Crippen LogP contribution in [0.3, 0.4) is 0 Å². The van der Waals surface area contributed by atoms with E-state index in [1.165, 1.54) is 16.5 Å². The fraction of sp³-hybridized carbons (Fsp3) is 0.208. The number of nitrogens with zero attached hydrogens (tertiary/aromatic N) is 2. The van der Waals surface area contributed by atoms with Crippen molar-refractivity contribution in [3.8, 4) is 0 Å². The number of hydrogen-bond acceptors (Lipinski definition) is 2. The quantitative estimate of drug-likeness (QED) is 0.566. The van der Waals surface area contributed by atoms with Crippen LogP contribution in [0, 0.1) is 0 Å². The highest BCUT2D eigenvalue weighted by Crippen LogP contribution is 2.28. The van der Waals surface area contributed by atoms with Gasteiger partial charge in [0.1, 0.15) is 0 Å². The molecule has 3 aromatic carbocycles. The summed E-state index contributed by atoms with van der Waals surface area (Å²) in [5, 5.41) is 6.44. The lowest BCUT2D eigenvalue weighted by atomic mass is 10.0. The first-order chi connectivity index (χ1) is 13.6. The minimum Gasteiger partial charge on any atom is -0.350 e. The van der Waals surface area contributed by atoms with Gasteiger partial charge in [0.05, 0.1) is 6.04 Å². The maximum atomic E-state index is 13.0. The number of fused-ring (bicyclic) bond motifs is 2. The number of amides is 1. The summed E-state index contributed by atoms with van der Waals surface area (Å²) in [7, 11) is 6.17. The van der Waals surface area contributed by atoms with Crippen molar-refractivity contribution in [3.63, 3.8) is 0 Å². The van der Waals surface area contributed by atoms with Gasteiger partial charge in [-0.3, -0.25) is 4.79 Å². The van der Waals surface area contributed by atoms with Crippen LogP contribution in [0.2, 0.25) is 0 Å². The van der Waals surface area contributed by atoms with Crippen molar-refractivity contribution in [1.29, 1.82) is 0 Å². The molecule has 4 rings (SSSR count). The molecule has 142 valence electrons. The van der Waals surface area contributed by atoms with Crippen molar-refractivity contribution in [2.75, 3.05) is 20.6 Å². The maximum absolute atomic E-state index is 13.0. The zero-order valence-electron chi connectivity index (χ0n) is 16.5. The molecule has 1 unspecified atom stereocenters. The highest BCUT2D eigenvalue weighted by Gasteiger charge is 2.20. The van der Waals surface area contributed by atoms with Crippen LogP contribution in [-0.4, -0.2) is 36.0 Å². The van der Waals surface area contributed by atoms with Crippen molar-refractivity contribution in [2.24, 2.45) is 7.05 Å². The SMILES string of the molecule is CN(C)C(CNC(=O)c1cccc2ccccc12)c1cn(C)c2ccccc12. The predicted molar refractivity (Wildman–Crippen MR) is 116 cm³/mol. The van der Waals surface area contributed by atoms with Gasteiger partial charge in [0, 0.05) is 36.3 Å². The molecule has 0 bridgehead atoms. The van der Waals surface area contributed by atoms with Crippen LogP contribution in [0.5, 0.6) is 0 Å². The summed E-state index contributed by atoms with van der Waals surface area (Å²) in [6, 6.07) is 22.3. The summed E-state index contributed by atoms with van der Waals surface area (Å²) < 4.78 is 2.15. The van der Waals surface area contributed by atoms with E-state index >= 15 is 0 Å². The predicted octanol–water partition coefficient (Wildman–Crippen LogP) is 4.36. The fourth-order valence-electron chi connectivity index (χ4n) is 3.92. The molecule has 4 nitrogen and oxygen atoms in total. The van der Waals surface area contributed by atoms with Gasteiger partial charge in [0.2, 0.25) is 0 Å². The van der Waals surface area contributed by atoms with Gasteiger partial charge >= 0.3 is 0 Å². The third-order valence-corrected chi connectivity index (χ3v) is 5.40. The zero-order valence-corrected chi connectivity index (χ0v) is 16.5. The summed E-state index contributed by atoms with van der Waals surface area (Å²) in [6.07, 6.45) is 2.17. The molecule has 0 saturated heterocycles. The van der Waals surface area contributed by atoms with E-state index in [2.05, 4.69) is 66.4 Å². The minimum atomic E-state index is -0.0381. The molecule has 0 aliphatic heterocycles. The van der Waals surface area contributed by atoms with Crippen LogP contribution in [-0.2, 0) is 7.05 Å². The van der Waals surface area contributed by atoms with Gasteiger partial charge in [-0.25, -0.2) is 0 Å². The summed E-state index contributed by atoms with van der Waals surface area (Å²) in [5.74, 6) is -0.0381. The standard InChI is InChI=1S/C24H25N3O/c1-26(2)23(21-16-27(3)22-14-7-6-12-19(21)22)15-25-24(28)20-13-8-10-17-9-4-5-11-18(17)20/h4-14,16,23H,15H2,1-3H3,(H,25,28). The molecule has 28 heavy (non-hydrogen) atoms. The van der Waals surface area contributed by atoms with Crippen molar-refractivity contribution in [1.82, 2.24) is 14.8 Å². The Hall–Kier alpha value is -3.11. The van der Waals surface area contributed by atoms with Crippen molar-refractivity contribution < 1.29 is 4.79 Å². The second-order valence-corrected chi connectivity index (χ2v) is 7.43. The second-order valence-electron chi connectivity index (χ2n) is 7.43. The molecule has 1 amide bonds. The van der Waals surface area contributed by atoms with Crippen LogP contribution in [0.25, 0.3) is 21.7 Å². The number of hydrogen-bond donors (Lipinski definition) is 1. The number of carbonyl (C=O) groups is 1. The number of likely N-dealkylation sites (N-methyl/N-ethyl adjacent to an activating group) is 1. The van der Waals surface area contributed by atoms with Crippen LogP contribution in [0.1, 0.15) is 22.0 Å². The largest absolute Gasteiger partial charge is 0.350 e. The molecule has 1 atom stereocenters. The molecule has 1 N–H and O–H groups in total. The van der Waals surface area contributed by atoms with E-state index in [-0.39, 0.29) is 11.9 Å². The van der Waals surface area contributed by atoms with E-state index in [1.54, 1.807) is 0 Å². The van der Waals surface area contributed by atoms with E-state index < -0.39 is 0 Å². The molecule has 4 heteroatoms. The fourth-order valence-corrected chi connectivity index (χ4v) is 3.92. The normalized spacial score (nSPS) is 12.6. The third kappa shape index (κ3) is 3.27. The van der Waals surface area contributed by atoms with Gasteiger partial charge < -0.3 is 14.8 Å². The first-order valence-corrected chi connectivity index (χ1v) is 9.52. The van der Waals surface area contributed by atoms with Gasteiger partial charge in [-0.2, -0.15) is 0 Å². The maximum Gasteiger partial charge on any atom is 0.251 e. The molecule has 0 radical (unpaired) electrons. The zero-order chi connectivity index (χ0) is 19.7. The molecular weight excluding hydrogens is 346 g/mol. The minimum absolute atomic E-state index is 0.0381. The molecule has 1 aromatic heterocycles. The number of aromatic nitrogens is 1. The number of rotatable bonds is 5. The Kier molecular flexibility index (Phi) is 4.88. The topological polar surface area (TPSA) is 37.3 Å². The monoisotopic (exact) mass is 371 g/mol. The number of para-hydroxylation sites is 1. The first-order valence-electron chi connectivity index (χ1n) is 9.52. The van der Waals surface area contributed by atoms with E-state index in [0.29, 0.717) is 12.1 Å². The van der Waals surface area contributed by atoms with Crippen LogP contribution in [0.4, 0.5) is 0 Å². The Morgan fingerprint density at radius 1 is 0.964 bits per heavy atom. The summed E-state index contributed by atoms with van der Waals surface area (Å²) in [4.78, 5) is 15.1. The number of nitrogens with one attached hydrogen (secondary N) is 1. The lowest BCUT2D eigenvalue weighted by molar-refractivity contribution is 0.0943. The highest BCUT2D eigenvalue weighted by atomic mass is 16.1. The Balaban J connectivity index is 1.61. The Morgan fingerprint density at radius 2 is 1.64 bits per heavy atom. The average molecular weight is 371 g/mol. The van der Waals surface area contributed by atoms with Crippen molar-refractivity contribution >= 4 is 27.6 Å². The molecular formula is C24H25N3O. The van der Waals surface area contributed by atoms with Gasteiger partial charge in [-0.05, 0) is 42.6 Å². The molecule has 0 aliphatic carbocycles. The Morgan fingerprint density at radius 3 is 2.43 bits per heavy atom. The van der Waals surface area contributed by atoms with E-state index in [4.69, 9.17) is 0 Å². The van der Waals surface area contributed by atoms with Gasteiger partial charge in [-0.1, -0.05) is 54.6 Å². The first kappa shape index (κ1) is 18.3. The van der Waals surface area contributed by atoms with E-state index in [9.17, 15) is 4.79 Å². The van der Waals surface area contributed by atoms with Crippen molar-refractivity contribution in [3.05, 3.63) is 84.1 Å². The van der Waals surface area contributed by atoms with Crippen LogP contribution >= 0.6 is 0 Å². The smallest absolute Gasteiger partial charge is 0.251 e. The molecule has 0 saturated carbocycles. The van der Waals surface area contributed by atoms with E-state index in [0.717, 1.165) is 10.8 Å². The third-order valence-electron chi connectivity index (χ3n) is 5.40. The second kappa shape index (κ2) is 7.49. The molecule has 1 heterocycles. The van der Waals surface area contributed by atoms with Gasteiger partial charge in [0.15, 0.2) is 0 Å². The summed E-state index contributed by atoms with van der Waals surface area (Å²) in [5.41, 5.74) is 3.14. The summed E-state index contributed by atoms with van der Waals surface area (Å²) >= 11 is 0. The molecule has 0 fully saturated rings. The summed E-state index contributed by atoms with van der Waals surface area (Å²) in [6.45, 7) is 0.545. The van der Waals surface area contributed by atoms with Gasteiger partial charge in [0.25, 0.3) is 5.91 Å². The number of aryl methyl sites for hydroxylation is 1. The lowest BCUT2D eigenvalue weighted by Crippen LogP contribution is -2.34. The Labute approximate surface area is 165 Å². The molecule has 0 spiro atoms. The number of carbonyl (C=O) groups excluding carboxylic acids is 1. The average Bonchev–Trinajstić information content (AvgIpc) is 3.04. The van der Waals surface area contributed by atoms with Crippen LogP contribution < -0.4 is 5.32 Å². The molecule has 4 aromatic rings. The number of benzene rings is 3. The van der Waals surface area contributed by atoms with E-state index in [1.807, 2.05) is 42.5 Å². The van der Waals surface area contributed by atoms with Gasteiger partial charge in [-0.15, -0.1) is 0 Å². The highest BCUT2D eigenvalue weighted by molar-refractivity contribution is 6.07.